The van der Waals surface area contributed by atoms with Crippen LogP contribution in [0.25, 0.3) is 0 Å². The monoisotopic (exact) mass is 261 g/mol. The molecule has 1 rings (SSSR count). The molecule has 1 unspecified atom stereocenters. The molecule has 0 aliphatic rings. The van der Waals surface area contributed by atoms with Gasteiger partial charge < -0.3 is 0 Å². The molecule has 1 heterocycles. The molecule has 14 heavy (non-hydrogen) atoms. The van der Waals surface area contributed by atoms with Crippen LogP contribution in [0.3, 0.4) is 0 Å². The zero-order chi connectivity index (χ0) is 10.6. The normalized spacial score (nSPS) is 12.3. The number of rotatable bonds is 3. The van der Waals surface area contributed by atoms with E-state index < -0.39 is 6.08 Å². The summed E-state index contributed by atoms with van der Waals surface area (Å²) in [5.41, 5.74) is 0.955. The van der Waals surface area contributed by atoms with E-state index in [4.69, 9.17) is 0 Å². The number of nitrogens with zero attached hydrogens (tertiary/aromatic N) is 1. The van der Waals surface area contributed by atoms with Gasteiger partial charge >= 0.3 is 0 Å². The molecule has 0 saturated carbocycles. The number of hydrogen-bond donors (Lipinski definition) is 0. The lowest BCUT2D eigenvalue weighted by Crippen LogP contribution is -1.92. The van der Waals surface area contributed by atoms with E-state index in [0.29, 0.717) is 6.42 Å². The Morgan fingerprint density at radius 3 is 2.86 bits per heavy atom. The maximum Gasteiger partial charge on any atom is 0.266 e. The van der Waals surface area contributed by atoms with Crippen molar-refractivity contribution >= 4 is 15.9 Å². The molecule has 76 valence electrons. The molecule has 4 heteroatoms. The van der Waals surface area contributed by atoms with Gasteiger partial charge in [0.2, 0.25) is 0 Å². The minimum atomic E-state index is -1.63. The van der Waals surface area contributed by atoms with E-state index in [2.05, 4.69) is 20.9 Å². The van der Waals surface area contributed by atoms with Crippen molar-refractivity contribution in [1.82, 2.24) is 4.98 Å². The summed E-state index contributed by atoms with van der Waals surface area (Å²) in [4.78, 5) is 3.98. The quantitative estimate of drug-likeness (QED) is 0.798. The Morgan fingerprint density at radius 1 is 1.57 bits per heavy atom. The minimum Gasteiger partial charge on any atom is -0.263 e. The van der Waals surface area contributed by atoms with E-state index in [9.17, 15) is 8.78 Å². The first-order chi connectivity index (χ1) is 6.59. The van der Waals surface area contributed by atoms with Gasteiger partial charge in [-0.05, 0) is 46.0 Å². The lowest BCUT2D eigenvalue weighted by atomic mass is 10.00. The zero-order valence-corrected chi connectivity index (χ0v) is 9.26. The predicted molar refractivity (Wildman–Crippen MR) is 55.3 cm³/mol. The van der Waals surface area contributed by atoms with Gasteiger partial charge in [-0.25, -0.2) is 0 Å². The molecule has 0 aliphatic heterocycles. The van der Waals surface area contributed by atoms with Gasteiger partial charge in [0.05, 0.1) is 0 Å². The first-order valence-corrected chi connectivity index (χ1v) is 5.00. The van der Waals surface area contributed by atoms with Gasteiger partial charge in [0.25, 0.3) is 6.08 Å². The molecule has 1 nitrogen and oxygen atoms in total. The lowest BCUT2D eigenvalue weighted by molar-refractivity contribution is 0.416. The molecule has 0 N–H and O–H groups in total. The fourth-order valence-electron chi connectivity index (χ4n) is 1.10. The van der Waals surface area contributed by atoms with Crippen molar-refractivity contribution in [2.45, 2.75) is 19.3 Å². The number of pyridine rings is 1. The van der Waals surface area contributed by atoms with E-state index in [-0.39, 0.29) is 5.92 Å². The van der Waals surface area contributed by atoms with Gasteiger partial charge in [-0.3, -0.25) is 4.98 Å². The molecule has 1 aromatic rings. The second-order valence-electron chi connectivity index (χ2n) is 3.07. The van der Waals surface area contributed by atoms with Crippen molar-refractivity contribution in [3.8, 4) is 0 Å². The van der Waals surface area contributed by atoms with Crippen molar-refractivity contribution in [1.29, 1.82) is 0 Å². The summed E-state index contributed by atoms with van der Waals surface area (Å²) in [5.74, 6) is 0.0569. The van der Waals surface area contributed by atoms with Gasteiger partial charge in [0.1, 0.15) is 0 Å². The summed E-state index contributed by atoms with van der Waals surface area (Å²) in [6, 6.07) is 1.89. The summed E-state index contributed by atoms with van der Waals surface area (Å²) in [6.45, 7) is 1.89. The maximum atomic E-state index is 11.8. The third-order valence-corrected chi connectivity index (χ3v) is 2.35. The van der Waals surface area contributed by atoms with Crippen molar-refractivity contribution in [3.05, 3.63) is 40.7 Å². The molecule has 0 spiro atoms. The van der Waals surface area contributed by atoms with E-state index in [1.54, 1.807) is 12.4 Å². The molecular weight excluding hydrogens is 252 g/mol. The highest BCUT2D eigenvalue weighted by Crippen LogP contribution is 2.22. The Bertz CT molecular complexity index is 335. The van der Waals surface area contributed by atoms with Gasteiger partial charge in [-0.1, -0.05) is 6.92 Å². The fraction of sp³-hybridized carbons (Fsp3) is 0.300. The van der Waals surface area contributed by atoms with E-state index in [0.717, 1.165) is 16.1 Å². The first-order valence-electron chi connectivity index (χ1n) is 4.21. The fourth-order valence-corrected chi connectivity index (χ4v) is 1.48. The molecule has 0 fully saturated rings. The Kier molecular flexibility index (Phi) is 4.20. The van der Waals surface area contributed by atoms with Crippen LogP contribution in [0.1, 0.15) is 24.8 Å². The van der Waals surface area contributed by atoms with Crippen LogP contribution in [0.5, 0.6) is 0 Å². The van der Waals surface area contributed by atoms with Crippen LogP contribution in [-0.2, 0) is 0 Å². The maximum absolute atomic E-state index is 11.8. The van der Waals surface area contributed by atoms with Crippen LogP contribution >= 0.6 is 15.9 Å². The SMILES string of the molecule is CC(CC=C(F)F)c1cncc(Br)c1. The van der Waals surface area contributed by atoms with Crippen molar-refractivity contribution in [2.75, 3.05) is 0 Å². The molecule has 0 aliphatic carbocycles. The Balaban J connectivity index is 2.69. The average Bonchev–Trinajstić information content (AvgIpc) is 2.14. The summed E-state index contributed by atoms with van der Waals surface area (Å²) in [7, 11) is 0. The molecule has 0 amide bonds. The molecule has 1 aromatic heterocycles. The molecular formula is C10H10BrF2N. The van der Waals surface area contributed by atoms with Gasteiger partial charge in [-0.15, -0.1) is 0 Å². The van der Waals surface area contributed by atoms with Crippen molar-refractivity contribution in [3.63, 3.8) is 0 Å². The van der Waals surface area contributed by atoms with Crippen LogP contribution in [0.15, 0.2) is 35.1 Å². The molecule has 0 aromatic carbocycles. The summed E-state index contributed by atoms with van der Waals surface area (Å²) in [5, 5.41) is 0. The van der Waals surface area contributed by atoms with Crippen LogP contribution in [0, 0.1) is 0 Å². The Hall–Kier alpha value is -0.770. The average molecular weight is 262 g/mol. The van der Waals surface area contributed by atoms with Gasteiger partial charge in [0, 0.05) is 16.9 Å². The first kappa shape index (κ1) is 11.3. The highest BCUT2D eigenvalue weighted by Gasteiger charge is 2.05. The standard InChI is InChI=1S/C10H10BrF2N/c1-7(2-3-10(12)13)8-4-9(11)6-14-5-8/h3-7H,2H2,1H3. The third kappa shape index (κ3) is 3.54. The number of hydrogen-bond acceptors (Lipinski definition) is 1. The van der Waals surface area contributed by atoms with Crippen molar-refractivity contribution in [2.24, 2.45) is 0 Å². The molecule has 0 bridgehead atoms. The number of aromatic nitrogens is 1. The molecule has 1 atom stereocenters. The molecule has 0 radical (unpaired) electrons. The number of halogens is 3. The van der Waals surface area contributed by atoms with Gasteiger partial charge in [-0.2, -0.15) is 8.78 Å². The second-order valence-corrected chi connectivity index (χ2v) is 3.98. The van der Waals surface area contributed by atoms with Crippen LogP contribution in [-0.4, -0.2) is 4.98 Å². The second kappa shape index (κ2) is 5.20. The lowest BCUT2D eigenvalue weighted by Gasteiger charge is -2.08. The van der Waals surface area contributed by atoms with Crippen LogP contribution in [0.2, 0.25) is 0 Å². The smallest absolute Gasteiger partial charge is 0.263 e. The van der Waals surface area contributed by atoms with Crippen LogP contribution < -0.4 is 0 Å². The summed E-state index contributed by atoms with van der Waals surface area (Å²) in [6.07, 6.45) is 3.01. The van der Waals surface area contributed by atoms with E-state index in [1.807, 2.05) is 13.0 Å². The van der Waals surface area contributed by atoms with Crippen molar-refractivity contribution < 1.29 is 8.78 Å². The predicted octanol–water partition coefficient (Wildman–Crippen LogP) is 4.12. The van der Waals surface area contributed by atoms with Gasteiger partial charge in [0.15, 0.2) is 0 Å². The minimum absolute atomic E-state index is 0.0569. The third-order valence-electron chi connectivity index (χ3n) is 1.92. The van der Waals surface area contributed by atoms with E-state index >= 15 is 0 Å². The molecule has 0 saturated heterocycles. The van der Waals surface area contributed by atoms with Crippen LogP contribution in [0.4, 0.5) is 8.78 Å². The Morgan fingerprint density at radius 2 is 2.29 bits per heavy atom. The number of allylic oxidation sites excluding steroid dienone is 1. The summed E-state index contributed by atoms with van der Waals surface area (Å²) >= 11 is 3.28. The summed E-state index contributed by atoms with van der Waals surface area (Å²) < 4.78 is 24.5. The zero-order valence-electron chi connectivity index (χ0n) is 7.67. The largest absolute Gasteiger partial charge is 0.266 e. The Labute approximate surface area is 90.0 Å². The highest BCUT2D eigenvalue weighted by atomic mass is 79.9. The topological polar surface area (TPSA) is 12.9 Å². The van der Waals surface area contributed by atoms with E-state index in [1.165, 1.54) is 0 Å². The highest BCUT2D eigenvalue weighted by molar-refractivity contribution is 9.10.